The number of piperazine rings is 1. The zero-order chi connectivity index (χ0) is 22.7. The van der Waals surface area contributed by atoms with Gasteiger partial charge >= 0.3 is 0 Å². The van der Waals surface area contributed by atoms with E-state index in [1.807, 2.05) is 6.20 Å². The highest BCUT2D eigenvalue weighted by Crippen LogP contribution is 2.31. The molecule has 7 nitrogen and oxygen atoms in total. The first-order valence-corrected chi connectivity index (χ1v) is 11.8. The lowest BCUT2D eigenvalue weighted by Gasteiger charge is -2.38. The van der Waals surface area contributed by atoms with Crippen LogP contribution in [0.1, 0.15) is 42.5 Å². The standard InChI is InChI=1S/C25H36N6O/c1-18-5-6-22(19(2)15-18)20(3)28-25(32)21-7-9-30(10-8-21)23-16-26-17-27-24(23)31-13-11-29(4)12-14-31/h5-6,15-17,20-21H,7-14H2,1-4H3,(H,28,32). The van der Waals surface area contributed by atoms with Crippen molar-refractivity contribution in [2.75, 3.05) is 56.1 Å². The summed E-state index contributed by atoms with van der Waals surface area (Å²) >= 11 is 0. The number of aromatic nitrogens is 2. The van der Waals surface area contributed by atoms with Crippen molar-refractivity contribution < 1.29 is 4.79 Å². The van der Waals surface area contributed by atoms with Crippen LogP contribution in [0.2, 0.25) is 0 Å². The zero-order valence-electron chi connectivity index (χ0n) is 19.8. The first-order valence-electron chi connectivity index (χ1n) is 11.8. The van der Waals surface area contributed by atoms with Crippen molar-refractivity contribution in [3.63, 3.8) is 0 Å². The zero-order valence-corrected chi connectivity index (χ0v) is 19.8. The summed E-state index contributed by atoms with van der Waals surface area (Å²) in [7, 11) is 2.16. The highest BCUT2D eigenvalue weighted by Gasteiger charge is 2.29. The fraction of sp³-hybridized carbons (Fsp3) is 0.560. The summed E-state index contributed by atoms with van der Waals surface area (Å²) in [5.74, 6) is 1.25. The van der Waals surface area contributed by atoms with E-state index in [-0.39, 0.29) is 17.9 Å². The van der Waals surface area contributed by atoms with Crippen LogP contribution < -0.4 is 15.1 Å². The van der Waals surface area contributed by atoms with Crippen LogP contribution in [0.15, 0.2) is 30.7 Å². The molecule has 0 saturated carbocycles. The maximum Gasteiger partial charge on any atom is 0.223 e. The van der Waals surface area contributed by atoms with Crippen molar-refractivity contribution in [2.45, 2.75) is 39.7 Å². The second kappa shape index (κ2) is 9.86. The van der Waals surface area contributed by atoms with Crippen molar-refractivity contribution in [3.05, 3.63) is 47.4 Å². The molecule has 1 unspecified atom stereocenters. The quantitative estimate of drug-likeness (QED) is 0.778. The Morgan fingerprint density at radius 3 is 2.47 bits per heavy atom. The molecule has 2 aliphatic heterocycles. The first kappa shape index (κ1) is 22.5. The summed E-state index contributed by atoms with van der Waals surface area (Å²) in [6.45, 7) is 12.0. The van der Waals surface area contributed by atoms with Crippen LogP contribution in [0.25, 0.3) is 0 Å². The topological polar surface area (TPSA) is 64.6 Å². The summed E-state index contributed by atoms with van der Waals surface area (Å²) in [6.07, 6.45) is 5.28. The normalized spacial score (nSPS) is 19.1. The molecule has 1 N–H and O–H groups in total. The second-order valence-electron chi connectivity index (χ2n) is 9.37. The Hall–Kier alpha value is -2.67. The lowest BCUT2D eigenvalue weighted by molar-refractivity contribution is -0.126. The number of nitrogens with one attached hydrogen (secondary N) is 1. The van der Waals surface area contributed by atoms with E-state index < -0.39 is 0 Å². The predicted molar refractivity (Wildman–Crippen MR) is 129 cm³/mol. The Kier molecular flexibility index (Phi) is 6.94. The maximum atomic E-state index is 13.0. The maximum absolute atomic E-state index is 13.0. The minimum atomic E-state index is 0.0208. The summed E-state index contributed by atoms with van der Waals surface area (Å²) in [5.41, 5.74) is 4.77. The fourth-order valence-corrected chi connectivity index (χ4v) is 4.90. The number of piperidine rings is 1. The van der Waals surface area contributed by atoms with E-state index >= 15 is 0 Å². The molecule has 2 saturated heterocycles. The Bertz CT molecular complexity index is 932. The van der Waals surface area contributed by atoms with E-state index in [2.05, 4.69) is 76.0 Å². The number of likely N-dealkylation sites (N-methyl/N-ethyl adjacent to an activating group) is 1. The number of rotatable bonds is 5. The molecule has 1 amide bonds. The Balaban J connectivity index is 1.36. The number of carbonyl (C=O) groups is 1. The van der Waals surface area contributed by atoms with Gasteiger partial charge in [0.1, 0.15) is 6.33 Å². The predicted octanol–water partition coefficient (Wildman–Crippen LogP) is 2.94. The fourth-order valence-electron chi connectivity index (χ4n) is 4.90. The van der Waals surface area contributed by atoms with Gasteiger partial charge in [-0.15, -0.1) is 0 Å². The van der Waals surface area contributed by atoms with Gasteiger partial charge in [-0.25, -0.2) is 9.97 Å². The number of hydrogen-bond acceptors (Lipinski definition) is 6. The van der Waals surface area contributed by atoms with Crippen molar-refractivity contribution in [2.24, 2.45) is 5.92 Å². The molecule has 1 atom stereocenters. The van der Waals surface area contributed by atoms with E-state index in [0.717, 1.165) is 63.6 Å². The number of nitrogens with zero attached hydrogens (tertiary/aromatic N) is 5. The highest BCUT2D eigenvalue weighted by atomic mass is 16.1. The first-order chi connectivity index (χ1) is 15.4. The molecule has 2 aromatic rings. The molecule has 0 bridgehead atoms. The van der Waals surface area contributed by atoms with Crippen molar-refractivity contribution in [3.8, 4) is 0 Å². The number of amides is 1. The van der Waals surface area contributed by atoms with Crippen LogP contribution >= 0.6 is 0 Å². The lowest BCUT2D eigenvalue weighted by Crippen LogP contribution is -2.46. The third-order valence-electron chi connectivity index (χ3n) is 6.93. The van der Waals surface area contributed by atoms with Gasteiger partial charge in [0.2, 0.25) is 5.91 Å². The number of hydrogen-bond donors (Lipinski definition) is 1. The molecule has 172 valence electrons. The average molecular weight is 437 g/mol. The molecule has 2 aliphatic rings. The number of benzene rings is 1. The van der Waals surface area contributed by atoms with Gasteiger partial charge in [0.25, 0.3) is 0 Å². The van der Waals surface area contributed by atoms with Crippen LogP contribution in [0.5, 0.6) is 0 Å². The van der Waals surface area contributed by atoms with Crippen LogP contribution in [0.4, 0.5) is 11.5 Å². The van der Waals surface area contributed by atoms with Crippen molar-refractivity contribution in [1.82, 2.24) is 20.2 Å². The summed E-state index contributed by atoms with van der Waals surface area (Å²) in [4.78, 5) is 29.0. The average Bonchev–Trinajstić information content (AvgIpc) is 2.79. The number of carbonyl (C=O) groups excluding carboxylic acids is 1. The van der Waals surface area contributed by atoms with E-state index in [9.17, 15) is 4.79 Å². The molecule has 1 aromatic heterocycles. The summed E-state index contributed by atoms with van der Waals surface area (Å²) < 4.78 is 0. The van der Waals surface area contributed by atoms with Gasteiger partial charge in [-0.3, -0.25) is 4.79 Å². The molecule has 0 radical (unpaired) electrons. The van der Waals surface area contributed by atoms with Gasteiger partial charge in [-0.05, 0) is 51.8 Å². The van der Waals surface area contributed by atoms with Gasteiger partial charge in [0.05, 0.1) is 17.9 Å². The van der Waals surface area contributed by atoms with E-state index in [1.54, 1.807) is 6.33 Å². The molecule has 4 rings (SSSR count). The smallest absolute Gasteiger partial charge is 0.223 e. The third kappa shape index (κ3) is 5.04. The van der Waals surface area contributed by atoms with Crippen molar-refractivity contribution in [1.29, 1.82) is 0 Å². The summed E-state index contributed by atoms with van der Waals surface area (Å²) in [6, 6.07) is 6.44. The van der Waals surface area contributed by atoms with Crippen molar-refractivity contribution >= 4 is 17.4 Å². The van der Waals surface area contributed by atoms with Crippen LogP contribution in [-0.2, 0) is 4.79 Å². The third-order valence-corrected chi connectivity index (χ3v) is 6.93. The largest absolute Gasteiger partial charge is 0.367 e. The van der Waals surface area contributed by atoms with Gasteiger partial charge in [0, 0.05) is 45.2 Å². The summed E-state index contributed by atoms with van der Waals surface area (Å²) in [5, 5.41) is 3.25. The van der Waals surface area contributed by atoms with Gasteiger partial charge < -0.3 is 20.0 Å². The Labute approximate surface area is 191 Å². The minimum Gasteiger partial charge on any atom is -0.367 e. The SMILES string of the molecule is Cc1ccc(C(C)NC(=O)C2CCN(c3cncnc3N3CCN(C)CC3)CC2)c(C)c1. The minimum absolute atomic E-state index is 0.0208. The molecule has 0 aliphatic carbocycles. The molecule has 3 heterocycles. The lowest BCUT2D eigenvalue weighted by atomic mass is 9.94. The van der Waals surface area contributed by atoms with E-state index in [0.29, 0.717) is 0 Å². The molecule has 1 aromatic carbocycles. The van der Waals surface area contributed by atoms with E-state index in [1.165, 1.54) is 16.7 Å². The van der Waals surface area contributed by atoms with Crippen LogP contribution in [0.3, 0.4) is 0 Å². The molecule has 0 spiro atoms. The Morgan fingerprint density at radius 1 is 1.06 bits per heavy atom. The van der Waals surface area contributed by atoms with Gasteiger partial charge in [0.15, 0.2) is 5.82 Å². The van der Waals surface area contributed by atoms with Gasteiger partial charge in [-0.2, -0.15) is 0 Å². The molecule has 2 fully saturated rings. The van der Waals surface area contributed by atoms with Crippen LogP contribution in [-0.4, -0.2) is 67.1 Å². The van der Waals surface area contributed by atoms with Crippen LogP contribution in [0, 0.1) is 19.8 Å². The number of aryl methyl sites for hydroxylation is 2. The Morgan fingerprint density at radius 2 is 1.78 bits per heavy atom. The second-order valence-corrected chi connectivity index (χ2v) is 9.37. The highest BCUT2D eigenvalue weighted by molar-refractivity contribution is 5.79. The molecule has 32 heavy (non-hydrogen) atoms. The molecule has 7 heteroatoms. The molecular weight excluding hydrogens is 400 g/mol. The molecular formula is C25H36N6O. The van der Waals surface area contributed by atoms with E-state index in [4.69, 9.17) is 0 Å². The van der Waals surface area contributed by atoms with Gasteiger partial charge in [-0.1, -0.05) is 23.8 Å². The number of anilines is 2. The monoisotopic (exact) mass is 436 g/mol.